The summed E-state index contributed by atoms with van der Waals surface area (Å²) in [6, 6.07) is 24.9. The fourth-order valence-corrected chi connectivity index (χ4v) is 7.82. The molecule has 1 aliphatic carbocycles. The van der Waals surface area contributed by atoms with Crippen LogP contribution in [0.3, 0.4) is 0 Å². The Morgan fingerprint density at radius 3 is 2.35 bits per heavy atom. The summed E-state index contributed by atoms with van der Waals surface area (Å²) in [4.78, 5) is 29.2. The van der Waals surface area contributed by atoms with Gasteiger partial charge in [-0.1, -0.05) is 74.4 Å². The van der Waals surface area contributed by atoms with Gasteiger partial charge in [0.1, 0.15) is 0 Å². The molecule has 3 fully saturated rings. The molecule has 256 valence electrons. The normalized spacial score (nSPS) is 27.9. The fourth-order valence-electron chi connectivity index (χ4n) is 7.82. The molecule has 2 heterocycles. The zero-order chi connectivity index (χ0) is 33.8. The Balaban J connectivity index is 1.30. The summed E-state index contributed by atoms with van der Waals surface area (Å²) in [5, 5.41) is 16.0. The molecule has 2 saturated heterocycles. The molecule has 0 radical (unpaired) electrons. The first-order chi connectivity index (χ1) is 23.1. The second kappa shape index (κ2) is 14.9. The highest BCUT2D eigenvalue weighted by Crippen LogP contribution is 2.44. The lowest BCUT2D eigenvalue weighted by Gasteiger charge is -2.51. The molecule has 3 N–H and O–H groups in total. The molecule has 0 aromatic heterocycles. The summed E-state index contributed by atoms with van der Waals surface area (Å²) in [5.41, 5.74) is 3.60. The van der Waals surface area contributed by atoms with E-state index in [1.54, 1.807) is 12.1 Å². The lowest BCUT2D eigenvalue weighted by Crippen LogP contribution is -2.61. The van der Waals surface area contributed by atoms with E-state index >= 15 is 0 Å². The topological polar surface area (TPSA) is 100 Å². The first-order valence-electron chi connectivity index (χ1n) is 17.6. The number of piperidine rings is 1. The minimum Gasteiger partial charge on any atom is -0.392 e. The Bertz CT molecular complexity index is 1540. The first kappa shape index (κ1) is 34.3. The van der Waals surface area contributed by atoms with Crippen LogP contribution in [-0.4, -0.2) is 52.1 Å². The quantitative estimate of drug-likeness (QED) is 0.239. The minimum absolute atomic E-state index is 0.0162. The van der Waals surface area contributed by atoms with Crippen molar-refractivity contribution in [2.45, 2.75) is 109 Å². The van der Waals surface area contributed by atoms with E-state index in [2.05, 4.69) is 22.5 Å². The van der Waals surface area contributed by atoms with Crippen LogP contribution < -0.4 is 10.6 Å². The average Bonchev–Trinajstić information content (AvgIpc) is 3.09. The molecule has 3 aliphatic rings. The third-order valence-electron chi connectivity index (χ3n) is 10.3. The van der Waals surface area contributed by atoms with Crippen LogP contribution in [0.1, 0.15) is 106 Å². The Kier molecular flexibility index (Phi) is 10.7. The number of rotatable bonds is 8. The number of fused-ring (bicyclic) bond motifs is 1. The summed E-state index contributed by atoms with van der Waals surface area (Å²) in [6.45, 7) is 8.90. The van der Waals surface area contributed by atoms with Crippen LogP contribution in [0.5, 0.6) is 0 Å². The predicted molar refractivity (Wildman–Crippen MR) is 187 cm³/mol. The van der Waals surface area contributed by atoms with Gasteiger partial charge in [-0.2, -0.15) is 0 Å². The van der Waals surface area contributed by atoms with E-state index in [0.29, 0.717) is 29.8 Å². The van der Waals surface area contributed by atoms with E-state index in [4.69, 9.17) is 9.47 Å². The standard InChI is InChI=1S/C40H51N3O5/c1-26-35(24-43-33-16-9-8-11-28(33)21-22-34(43)38(46)42-40(2,3)4)47-39(48-36(26)29-19-17-27(25-44)18-20-29)31-14-10-15-32(23-31)41-37(45)30-12-6-5-7-13-30/h5-7,10,12-15,17-20,23,26,28,33-36,39,44H,8-9,11,16,21-22,24-25H2,1-4H3,(H,41,45)(H,42,46). The van der Waals surface area contributed by atoms with Crippen LogP contribution in [0.25, 0.3) is 0 Å². The predicted octanol–water partition coefficient (Wildman–Crippen LogP) is 7.16. The van der Waals surface area contributed by atoms with Crippen molar-refractivity contribution in [1.29, 1.82) is 0 Å². The van der Waals surface area contributed by atoms with Gasteiger partial charge in [-0.05, 0) is 87.8 Å². The second-order valence-electron chi connectivity index (χ2n) is 14.9. The van der Waals surface area contributed by atoms with Crippen molar-refractivity contribution >= 4 is 17.5 Å². The lowest BCUT2D eigenvalue weighted by molar-refractivity contribution is -0.278. The summed E-state index contributed by atoms with van der Waals surface area (Å²) < 4.78 is 13.6. The number of ether oxygens (including phenoxy) is 2. The van der Waals surface area contributed by atoms with Crippen molar-refractivity contribution in [3.63, 3.8) is 0 Å². The third kappa shape index (κ3) is 8.00. The van der Waals surface area contributed by atoms with Gasteiger partial charge in [-0.25, -0.2) is 0 Å². The molecule has 8 heteroatoms. The molecule has 48 heavy (non-hydrogen) atoms. The average molecular weight is 654 g/mol. The fraction of sp³-hybridized carbons (Fsp3) is 0.500. The molecule has 2 aliphatic heterocycles. The SMILES string of the molecule is CC1C(CN2C(C(=O)NC(C)(C)C)CCC3CCCCC32)OC(c2cccc(NC(=O)c3ccccc3)c2)OC1c1ccc(CO)cc1. The zero-order valence-corrected chi connectivity index (χ0v) is 28.7. The van der Waals surface area contributed by atoms with Gasteiger partial charge in [-0.3, -0.25) is 14.5 Å². The highest BCUT2D eigenvalue weighted by molar-refractivity contribution is 6.04. The highest BCUT2D eigenvalue weighted by Gasteiger charge is 2.46. The summed E-state index contributed by atoms with van der Waals surface area (Å²) >= 11 is 0. The molecule has 2 amide bonds. The number of anilines is 1. The maximum Gasteiger partial charge on any atom is 0.255 e. The molecule has 7 atom stereocenters. The second-order valence-corrected chi connectivity index (χ2v) is 14.9. The van der Waals surface area contributed by atoms with Crippen molar-refractivity contribution in [3.05, 3.63) is 101 Å². The zero-order valence-electron chi connectivity index (χ0n) is 28.7. The molecule has 8 nitrogen and oxygen atoms in total. The number of nitrogens with one attached hydrogen (secondary N) is 2. The number of benzene rings is 3. The Morgan fingerprint density at radius 1 is 0.875 bits per heavy atom. The summed E-state index contributed by atoms with van der Waals surface area (Å²) in [6.07, 6.45) is 5.48. The Morgan fingerprint density at radius 2 is 1.62 bits per heavy atom. The molecular weight excluding hydrogens is 602 g/mol. The molecule has 7 unspecified atom stereocenters. The van der Waals surface area contributed by atoms with Crippen molar-refractivity contribution in [3.8, 4) is 0 Å². The molecule has 0 bridgehead atoms. The third-order valence-corrected chi connectivity index (χ3v) is 10.3. The maximum absolute atomic E-state index is 13.8. The minimum atomic E-state index is -0.684. The molecule has 3 aromatic rings. The van der Waals surface area contributed by atoms with E-state index in [9.17, 15) is 14.7 Å². The van der Waals surface area contributed by atoms with Crippen LogP contribution >= 0.6 is 0 Å². The van der Waals surface area contributed by atoms with E-state index in [1.807, 2.05) is 87.5 Å². The lowest BCUT2D eigenvalue weighted by atomic mass is 9.75. The van der Waals surface area contributed by atoms with Gasteiger partial charge in [0.05, 0.1) is 24.9 Å². The van der Waals surface area contributed by atoms with Gasteiger partial charge in [0.15, 0.2) is 6.29 Å². The van der Waals surface area contributed by atoms with Crippen molar-refractivity contribution in [2.24, 2.45) is 11.8 Å². The van der Waals surface area contributed by atoms with Gasteiger partial charge >= 0.3 is 0 Å². The van der Waals surface area contributed by atoms with E-state index in [1.165, 1.54) is 19.3 Å². The van der Waals surface area contributed by atoms with E-state index < -0.39 is 6.29 Å². The van der Waals surface area contributed by atoms with E-state index in [-0.39, 0.29) is 48.1 Å². The van der Waals surface area contributed by atoms with Crippen LogP contribution in [0.2, 0.25) is 0 Å². The van der Waals surface area contributed by atoms with Crippen LogP contribution in [-0.2, 0) is 20.9 Å². The van der Waals surface area contributed by atoms with Gasteiger partial charge in [-0.15, -0.1) is 0 Å². The van der Waals surface area contributed by atoms with Crippen molar-refractivity contribution in [2.75, 3.05) is 11.9 Å². The van der Waals surface area contributed by atoms with Gasteiger partial charge in [0.2, 0.25) is 5.91 Å². The number of aliphatic hydroxyl groups is 1. The van der Waals surface area contributed by atoms with Crippen LogP contribution in [0.15, 0.2) is 78.9 Å². The molecule has 6 rings (SSSR count). The smallest absolute Gasteiger partial charge is 0.255 e. The number of likely N-dealkylation sites (tertiary alicyclic amines) is 1. The molecule has 1 saturated carbocycles. The van der Waals surface area contributed by atoms with Crippen molar-refractivity contribution in [1.82, 2.24) is 10.2 Å². The number of nitrogens with zero attached hydrogens (tertiary/aromatic N) is 1. The van der Waals surface area contributed by atoms with Gasteiger partial charge in [0.25, 0.3) is 5.91 Å². The van der Waals surface area contributed by atoms with E-state index in [0.717, 1.165) is 36.0 Å². The maximum atomic E-state index is 13.8. The highest BCUT2D eigenvalue weighted by atomic mass is 16.7. The first-order valence-corrected chi connectivity index (χ1v) is 17.6. The number of hydrogen-bond acceptors (Lipinski definition) is 6. The van der Waals surface area contributed by atoms with Gasteiger partial charge in [0, 0.05) is 40.9 Å². The summed E-state index contributed by atoms with van der Waals surface area (Å²) in [5.74, 6) is 0.492. The number of amides is 2. The summed E-state index contributed by atoms with van der Waals surface area (Å²) in [7, 11) is 0. The Hall–Kier alpha value is -3.56. The monoisotopic (exact) mass is 653 g/mol. The Labute approximate surface area is 285 Å². The number of hydrogen-bond donors (Lipinski definition) is 3. The number of aliphatic hydroxyl groups excluding tert-OH is 1. The number of carbonyl (C=O) groups excluding carboxylic acids is 2. The number of carbonyl (C=O) groups is 2. The van der Waals surface area contributed by atoms with Crippen LogP contribution in [0.4, 0.5) is 5.69 Å². The van der Waals surface area contributed by atoms with Crippen molar-refractivity contribution < 1.29 is 24.2 Å². The molecule has 0 spiro atoms. The van der Waals surface area contributed by atoms with Gasteiger partial charge < -0.3 is 25.2 Å². The van der Waals surface area contributed by atoms with Crippen LogP contribution in [0, 0.1) is 11.8 Å². The molecule has 3 aromatic carbocycles. The molecular formula is C40H51N3O5. The largest absolute Gasteiger partial charge is 0.392 e.